The number of ether oxygens (including phenoxy) is 1. The molecule has 0 saturated heterocycles. The molecule has 27 heavy (non-hydrogen) atoms. The zero-order chi connectivity index (χ0) is 19.1. The Morgan fingerprint density at radius 2 is 1.70 bits per heavy atom. The monoisotopic (exact) mass is 391 g/mol. The summed E-state index contributed by atoms with van der Waals surface area (Å²) in [5, 5.41) is 14.3. The lowest BCUT2D eigenvalue weighted by Crippen LogP contribution is -2.43. The number of nitrogens with one attached hydrogen (secondary N) is 1. The third kappa shape index (κ3) is 5.68. The van der Waals surface area contributed by atoms with Crippen molar-refractivity contribution < 1.29 is 14.2 Å². The third-order valence-electron chi connectivity index (χ3n) is 5.37. The SMILES string of the molecule is OC(CNCC1(c2ccc(F)cc2)CCCCC1)COc1ccc(Cl)cc1. The average Bonchev–Trinajstić information content (AvgIpc) is 2.69. The largest absolute Gasteiger partial charge is 0.491 e. The summed E-state index contributed by atoms with van der Waals surface area (Å²) >= 11 is 5.85. The van der Waals surface area contributed by atoms with Gasteiger partial charge in [0.15, 0.2) is 0 Å². The maximum Gasteiger partial charge on any atom is 0.123 e. The van der Waals surface area contributed by atoms with Crippen LogP contribution in [-0.4, -0.2) is 30.9 Å². The first kappa shape index (κ1) is 20.1. The topological polar surface area (TPSA) is 41.5 Å². The molecular weight excluding hydrogens is 365 g/mol. The Morgan fingerprint density at radius 1 is 1.04 bits per heavy atom. The van der Waals surface area contributed by atoms with Crippen molar-refractivity contribution in [2.24, 2.45) is 0 Å². The summed E-state index contributed by atoms with van der Waals surface area (Å²) in [6, 6.07) is 14.0. The molecule has 2 aromatic rings. The van der Waals surface area contributed by atoms with Crippen LogP contribution in [0.15, 0.2) is 48.5 Å². The smallest absolute Gasteiger partial charge is 0.123 e. The Balaban J connectivity index is 1.51. The molecule has 3 nitrogen and oxygen atoms in total. The molecule has 0 aliphatic heterocycles. The van der Waals surface area contributed by atoms with E-state index >= 15 is 0 Å². The van der Waals surface area contributed by atoms with Gasteiger partial charge in [-0.3, -0.25) is 0 Å². The number of hydrogen-bond donors (Lipinski definition) is 2. The van der Waals surface area contributed by atoms with Crippen molar-refractivity contribution in [3.05, 3.63) is 64.9 Å². The van der Waals surface area contributed by atoms with Gasteiger partial charge in [-0.15, -0.1) is 0 Å². The van der Waals surface area contributed by atoms with E-state index in [4.69, 9.17) is 16.3 Å². The van der Waals surface area contributed by atoms with Crippen molar-refractivity contribution in [3.8, 4) is 5.75 Å². The van der Waals surface area contributed by atoms with Gasteiger partial charge in [0.2, 0.25) is 0 Å². The zero-order valence-electron chi connectivity index (χ0n) is 15.5. The summed E-state index contributed by atoms with van der Waals surface area (Å²) in [5.74, 6) is 0.487. The van der Waals surface area contributed by atoms with Crippen LogP contribution in [0, 0.1) is 5.82 Å². The van der Waals surface area contributed by atoms with E-state index in [9.17, 15) is 9.50 Å². The molecule has 3 rings (SSSR count). The molecule has 5 heteroatoms. The van der Waals surface area contributed by atoms with Gasteiger partial charge >= 0.3 is 0 Å². The van der Waals surface area contributed by atoms with Crippen LogP contribution < -0.4 is 10.1 Å². The standard InChI is InChI=1S/C22H27ClFNO2/c23-18-6-10-21(11-7-18)27-15-20(26)14-25-16-22(12-2-1-3-13-22)17-4-8-19(24)9-5-17/h4-11,20,25-26H,1-3,12-16H2. The number of aliphatic hydroxyl groups is 1. The number of hydrogen-bond acceptors (Lipinski definition) is 3. The molecule has 0 spiro atoms. The fraction of sp³-hybridized carbons (Fsp3) is 0.455. The summed E-state index contributed by atoms with van der Waals surface area (Å²) < 4.78 is 18.9. The predicted octanol–water partition coefficient (Wildman–Crippen LogP) is 4.71. The van der Waals surface area contributed by atoms with E-state index < -0.39 is 6.10 Å². The Labute approximate surface area is 165 Å². The molecule has 1 atom stereocenters. The second kappa shape index (κ2) is 9.54. The lowest BCUT2D eigenvalue weighted by Gasteiger charge is -2.38. The minimum Gasteiger partial charge on any atom is -0.491 e. The second-order valence-corrected chi connectivity index (χ2v) is 7.83. The highest BCUT2D eigenvalue weighted by Gasteiger charge is 2.33. The van der Waals surface area contributed by atoms with E-state index in [0.29, 0.717) is 17.3 Å². The van der Waals surface area contributed by atoms with E-state index in [0.717, 1.165) is 19.4 Å². The van der Waals surface area contributed by atoms with Gasteiger partial charge in [-0.05, 0) is 54.8 Å². The normalized spacial score (nSPS) is 17.4. The van der Waals surface area contributed by atoms with Gasteiger partial charge in [-0.1, -0.05) is 43.0 Å². The Hall–Kier alpha value is -1.62. The lowest BCUT2D eigenvalue weighted by atomic mass is 9.69. The van der Waals surface area contributed by atoms with Crippen molar-refractivity contribution in [3.63, 3.8) is 0 Å². The van der Waals surface area contributed by atoms with Gasteiger partial charge in [0, 0.05) is 23.5 Å². The van der Waals surface area contributed by atoms with Crippen molar-refractivity contribution in [2.75, 3.05) is 19.7 Å². The minimum absolute atomic E-state index is 0.0166. The molecule has 1 unspecified atom stereocenters. The summed E-state index contributed by atoms with van der Waals surface area (Å²) in [5.41, 5.74) is 1.20. The Bertz CT molecular complexity index is 699. The second-order valence-electron chi connectivity index (χ2n) is 7.40. The number of rotatable bonds is 8. The first-order valence-electron chi connectivity index (χ1n) is 9.61. The molecule has 1 fully saturated rings. The van der Waals surface area contributed by atoms with Crippen molar-refractivity contribution in [2.45, 2.75) is 43.6 Å². The predicted molar refractivity (Wildman–Crippen MR) is 107 cm³/mol. The van der Waals surface area contributed by atoms with Crippen LogP contribution >= 0.6 is 11.6 Å². The Kier molecular flexibility index (Phi) is 7.11. The van der Waals surface area contributed by atoms with E-state index in [2.05, 4.69) is 5.32 Å². The van der Waals surface area contributed by atoms with Crippen molar-refractivity contribution in [1.29, 1.82) is 0 Å². The highest BCUT2D eigenvalue weighted by molar-refractivity contribution is 6.30. The quantitative estimate of drug-likeness (QED) is 0.684. The van der Waals surface area contributed by atoms with Crippen LogP contribution in [0.5, 0.6) is 5.75 Å². The molecule has 0 radical (unpaired) electrons. The van der Waals surface area contributed by atoms with E-state index in [1.165, 1.54) is 24.8 Å². The molecule has 1 aliphatic carbocycles. The van der Waals surface area contributed by atoms with E-state index in [1.54, 1.807) is 36.4 Å². The molecule has 0 amide bonds. The number of halogens is 2. The van der Waals surface area contributed by atoms with E-state index in [-0.39, 0.29) is 17.8 Å². The highest BCUT2D eigenvalue weighted by Crippen LogP contribution is 2.39. The summed E-state index contributed by atoms with van der Waals surface area (Å²) in [6.45, 7) is 1.45. The lowest BCUT2D eigenvalue weighted by molar-refractivity contribution is 0.103. The van der Waals surface area contributed by atoms with Crippen LogP contribution in [0.25, 0.3) is 0 Å². The first-order valence-corrected chi connectivity index (χ1v) is 9.98. The van der Waals surface area contributed by atoms with Crippen LogP contribution in [-0.2, 0) is 5.41 Å². The number of benzene rings is 2. The van der Waals surface area contributed by atoms with Crippen LogP contribution in [0.2, 0.25) is 5.02 Å². The van der Waals surface area contributed by atoms with Gasteiger partial charge in [0.25, 0.3) is 0 Å². The molecular formula is C22H27ClFNO2. The third-order valence-corrected chi connectivity index (χ3v) is 5.62. The molecule has 0 bridgehead atoms. The molecule has 2 aromatic carbocycles. The van der Waals surface area contributed by atoms with Gasteiger partial charge in [-0.25, -0.2) is 4.39 Å². The molecule has 0 aromatic heterocycles. The fourth-order valence-corrected chi connectivity index (χ4v) is 3.99. The fourth-order valence-electron chi connectivity index (χ4n) is 3.86. The number of aliphatic hydroxyl groups excluding tert-OH is 1. The maximum atomic E-state index is 13.3. The van der Waals surface area contributed by atoms with Crippen molar-refractivity contribution in [1.82, 2.24) is 5.32 Å². The molecule has 1 saturated carbocycles. The molecule has 2 N–H and O–H groups in total. The summed E-state index contributed by atoms with van der Waals surface area (Å²) in [4.78, 5) is 0. The van der Waals surface area contributed by atoms with Crippen molar-refractivity contribution >= 4 is 11.6 Å². The average molecular weight is 392 g/mol. The van der Waals surface area contributed by atoms with Gasteiger partial charge in [-0.2, -0.15) is 0 Å². The molecule has 146 valence electrons. The van der Waals surface area contributed by atoms with Gasteiger partial charge < -0.3 is 15.2 Å². The minimum atomic E-state index is -0.602. The van der Waals surface area contributed by atoms with Gasteiger partial charge in [0.1, 0.15) is 24.3 Å². The molecule has 1 aliphatic rings. The zero-order valence-corrected chi connectivity index (χ0v) is 16.2. The van der Waals surface area contributed by atoms with Gasteiger partial charge in [0.05, 0.1) is 0 Å². The van der Waals surface area contributed by atoms with Crippen LogP contribution in [0.1, 0.15) is 37.7 Å². The Morgan fingerprint density at radius 3 is 2.37 bits per heavy atom. The first-order chi connectivity index (χ1) is 13.1. The summed E-state index contributed by atoms with van der Waals surface area (Å²) in [6.07, 6.45) is 5.18. The van der Waals surface area contributed by atoms with Crippen LogP contribution in [0.4, 0.5) is 4.39 Å². The molecule has 0 heterocycles. The highest BCUT2D eigenvalue weighted by atomic mass is 35.5. The van der Waals surface area contributed by atoms with E-state index in [1.807, 2.05) is 12.1 Å². The van der Waals surface area contributed by atoms with Crippen LogP contribution in [0.3, 0.4) is 0 Å². The maximum absolute atomic E-state index is 13.3. The summed E-state index contributed by atoms with van der Waals surface area (Å²) in [7, 11) is 0.